The fourth-order valence-corrected chi connectivity index (χ4v) is 6.30. The van der Waals surface area contributed by atoms with Gasteiger partial charge in [-0.25, -0.2) is 9.78 Å². The monoisotopic (exact) mass is 475 g/mol. The second kappa shape index (κ2) is 11.2. The van der Waals surface area contributed by atoms with Gasteiger partial charge in [0.05, 0.1) is 10.4 Å². The van der Waals surface area contributed by atoms with Gasteiger partial charge < -0.3 is 10.0 Å². The third-order valence-electron chi connectivity index (χ3n) is 6.15. The van der Waals surface area contributed by atoms with E-state index < -0.39 is 10.7 Å². The number of hydrogen-bond donors (Lipinski definition) is 2. The van der Waals surface area contributed by atoms with Gasteiger partial charge in [-0.05, 0) is 57.4 Å². The zero-order valence-electron chi connectivity index (χ0n) is 19.0. The molecule has 2 amide bonds. The average Bonchev–Trinajstić information content (AvgIpc) is 3.20. The minimum atomic E-state index is -0.951. The summed E-state index contributed by atoms with van der Waals surface area (Å²) in [6.07, 6.45) is 8.05. The number of amides is 2. The number of carboxylic acid groups (broad SMARTS) is 1. The minimum Gasteiger partial charge on any atom is -0.480 e. The van der Waals surface area contributed by atoms with Gasteiger partial charge in [0, 0.05) is 12.6 Å². The van der Waals surface area contributed by atoms with Gasteiger partial charge in [0.2, 0.25) is 0 Å². The van der Waals surface area contributed by atoms with E-state index in [1.807, 2.05) is 23.1 Å². The Morgan fingerprint density at radius 1 is 1.22 bits per heavy atom. The molecule has 1 fully saturated rings. The van der Waals surface area contributed by atoms with Crippen LogP contribution in [0.1, 0.15) is 58.4 Å². The Balaban J connectivity index is 1.67. The van der Waals surface area contributed by atoms with E-state index in [0.717, 1.165) is 29.4 Å². The molecule has 0 atom stereocenters. The fraction of sp³-hybridized carbons (Fsp3) is 0.542. The molecule has 0 bridgehead atoms. The molecule has 0 saturated heterocycles. The Morgan fingerprint density at radius 3 is 2.53 bits per heavy atom. The van der Waals surface area contributed by atoms with Crippen molar-refractivity contribution in [2.45, 2.75) is 74.3 Å². The summed E-state index contributed by atoms with van der Waals surface area (Å²) in [7, 11) is 0. The summed E-state index contributed by atoms with van der Waals surface area (Å²) >= 11 is 2.56. The predicted octanol–water partition coefficient (Wildman–Crippen LogP) is 6.14. The van der Waals surface area contributed by atoms with E-state index >= 15 is 0 Å². The number of carboxylic acids is 1. The number of nitrogens with one attached hydrogen (secondary N) is 1. The lowest BCUT2D eigenvalue weighted by Crippen LogP contribution is -2.45. The zero-order chi connectivity index (χ0) is 23.1. The molecule has 1 saturated carbocycles. The number of benzene rings is 1. The molecule has 0 radical (unpaired) electrons. The molecule has 8 heteroatoms. The van der Waals surface area contributed by atoms with E-state index in [9.17, 15) is 14.7 Å². The number of aliphatic carboxylic acids is 1. The minimum absolute atomic E-state index is 0.121. The lowest BCUT2D eigenvalue weighted by Gasteiger charge is -2.36. The number of nitrogens with zero attached hydrogens (tertiary/aromatic N) is 2. The number of carbonyl (C=O) groups is 2. The molecule has 0 aliphatic heterocycles. The summed E-state index contributed by atoms with van der Waals surface area (Å²) < 4.78 is -0.181. The second-order valence-corrected chi connectivity index (χ2v) is 11.8. The Kier molecular flexibility index (Phi) is 8.59. The number of carbonyl (C=O) groups excluding carboxylic acids is 1. The van der Waals surface area contributed by atoms with Crippen LogP contribution in [0.15, 0.2) is 40.7 Å². The van der Waals surface area contributed by atoms with Crippen LogP contribution < -0.4 is 5.32 Å². The summed E-state index contributed by atoms with van der Waals surface area (Å²) in [6, 6.07) is 10.4. The van der Waals surface area contributed by atoms with Crippen LogP contribution in [0.5, 0.6) is 0 Å². The van der Waals surface area contributed by atoms with E-state index in [2.05, 4.69) is 29.4 Å². The fourth-order valence-electron chi connectivity index (χ4n) is 4.03. The number of hydrogen-bond acceptors (Lipinski definition) is 5. The molecular formula is C24H33N3O3S2. The maximum Gasteiger partial charge on any atom is 0.323 e. The summed E-state index contributed by atoms with van der Waals surface area (Å²) in [5.41, 5.74) is 1.22. The molecule has 6 nitrogen and oxygen atoms in total. The third kappa shape index (κ3) is 6.72. The summed E-state index contributed by atoms with van der Waals surface area (Å²) in [5, 5.41) is 12.8. The summed E-state index contributed by atoms with van der Waals surface area (Å²) in [4.78, 5) is 31.0. The predicted molar refractivity (Wildman–Crippen MR) is 132 cm³/mol. The molecule has 2 aromatic rings. The summed E-state index contributed by atoms with van der Waals surface area (Å²) in [6.45, 7) is 6.23. The van der Waals surface area contributed by atoms with Crippen molar-refractivity contribution in [3.8, 4) is 0 Å². The van der Waals surface area contributed by atoms with Crippen molar-refractivity contribution in [1.82, 2.24) is 9.88 Å². The van der Waals surface area contributed by atoms with Gasteiger partial charge >= 0.3 is 12.0 Å². The molecular weight excluding hydrogens is 442 g/mol. The first-order chi connectivity index (χ1) is 15.3. The van der Waals surface area contributed by atoms with Gasteiger partial charge in [0.1, 0.15) is 4.75 Å². The van der Waals surface area contributed by atoms with Crippen LogP contribution in [-0.4, -0.2) is 44.3 Å². The maximum atomic E-state index is 13.3. The molecule has 32 heavy (non-hydrogen) atoms. The zero-order valence-corrected chi connectivity index (χ0v) is 20.7. The number of anilines is 1. The van der Waals surface area contributed by atoms with Crippen LogP contribution >= 0.6 is 23.1 Å². The first kappa shape index (κ1) is 24.6. The SMILES string of the molecule is CC[C@H]1CC[C@H](N(CCc2ccccc2)C(=O)Nc2ncc(SC(C)(C)C(=O)O)s2)CC1. The molecule has 1 heterocycles. The lowest BCUT2D eigenvalue weighted by atomic mass is 9.84. The number of urea groups is 1. The first-order valence-electron chi connectivity index (χ1n) is 11.3. The molecule has 1 aliphatic rings. The smallest absolute Gasteiger partial charge is 0.323 e. The molecule has 0 unspecified atom stereocenters. The van der Waals surface area contributed by atoms with Gasteiger partial charge in [-0.2, -0.15) is 0 Å². The number of thiazole rings is 1. The van der Waals surface area contributed by atoms with Crippen LogP contribution in [-0.2, 0) is 11.2 Å². The van der Waals surface area contributed by atoms with Crippen molar-refractivity contribution in [3.05, 3.63) is 42.1 Å². The second-order valence-electron chi connectivity index (χ2n) is 8.84. The van der Waals surface area contributed by atoms with Crippen LogP contribution in [0.2, 0.25) is 0 Å². The van der Waals surface area contributed by atoms with Gasteiger partial charge in [0.25, 0.3) is 0 Å². The highest BCUT2D eigenvalue weighted by Crippen LogP contribution is 2.37. The topological polar surface area (TPSA) is 82.5 Å². The highest BCUT2D eigenvalue weighted by Gasteiger charge is 2.31. The molecule has 3 rings (SSSR count). The normalized spacial score (nSPS) is 18.8. The van der Waals surface area contributed by atoms with Gasteiger partial charge in [0.15, 0.2) is 5.13 Å². The Labute approximate surface area is 198 Å². The summed E-state index contributed by atoms with van der Waals surface area (Å²) in [5.74, 6) is -0.113. The van der Waals surface area contributed by atoms with Crippen LogP contribution in [0, 0.1) is 5.92 Å². The molecule has 1 aliphatic carbocycles. The Morgan fingerprint density at radius 2 is 1.91 bits per heavy atom. The van der Waals surface area contributed by atoms with E-state index in [4.69, 9.17) is 0 Å². The Hall–Kier alpha value is -2.06. The number of rotatable bonds is 9. The van der Waals surface area contributed by atoms with E-state index in [1.54, 1.807) is 20.0 Å². The average molecular weight is 476 g/mol. The molecule has 1 aromatic carbocycles. The molecule has 1 aromatic heterocycles. The van der Waals surface area contributed by atoms with Crippen molar-refractivity contribution in [2.75, 3.05) is 11.9 Å². The van der Waals surface area contributed by atoms with E-state index in [1.165, 1.54) is 47.9 Å². The number of aromatic nitrogens is 1. The van der Waals surface area contributed by atoms with Crippen LogP contribution in [0.25, 0.3) is 0 Å². The van der Waals surface area contributed by atoms with Crippen LogP contribution in [0.3, 0.4) is 0 Å². The largest absolute Gasteiger partial charge is 0.480 e. The highest BCUT2D eigenvalue weighted by molar-refractivity contribution is 8.03. The van der Waals surface area contributed by atoms with Crippen molar-refractivity contribution in [2.24, 2.45) is 5.92 Å². The van der Waals surface area contributed by atoms with Crippen molar-refractivity contribution >= 4 is 40.2 Å². The quantitative estimate of drug-likeness (QED) is 0.425. The molecule has 2 N–H and O–H groups in total. The Bertz CT molecular complexity index is 893. The number of thioether (sulfide) groups is 1. The van der Waals surface area contributed by atoms with Crippen molar-refractivity contribution in [3.63, 3.8) is 0 Å². The lowest BCUT2D eigenvalue weighted by molar-refractivity contribution is -0.138. The highest BCUT2D eigenvalue weighted by atomic mass is 32.2. The molecule has 174 valence electrons. The molecule has 0 spiro atoms. The van der Waals surface area contributed by atoms with E-state index in [-0.39, 0.29) is 12.1 Å². The third-order valence-corrected chi connectivity index (χ3v) is 8.35. The van der Waals surface area contributed by atoms with Gasteiger partial charge in [-0.3, -0.25) is 10.1 Å². The van der Waals surface area contributed by atoms with Gasteiger partial charge in [-0.15, -0.1) is 0 Å². The first-order valence-corrected chi connectivity index (χ1v) is 12.9. The standard InChI is InChI=1S/C24H33N3O3S2/c1-4-17-10-12-19(13-11-17)27(15-14-18-8-6-5-7-9-18)23(30)26-22-25-16-20(31-22)32-24(2,3)21(28)29/h5-9,16-17,19H,4,10-15H2,1-3H3,(H,28,29)(H,25,26,30)/t17-,19-. The van der Waals surface area contributed by atoms with Crippen LogP contribution in [0.4, 0.5) is 9.93 Å². The van der Waals surface area contributed by atoms with E-state index in [0.29, 0.717) is 11.7 Å². The van der Waals surface area contributed by atoms with Crippen molar-refractivity contribution < 1.29 is 14.7 Å². The van der Waals surface area contributed by atoms with Crippen molar-refractivity contribution in [1.29, 1.82) is 0 Å². The maximum absolute atomic E-state index is 13.3. The van der Waals surface area contributed by atoms with Gasteiger partial charge in [-0.1, -0.05) is 66.8 Å².